The Balaban J connectivity index is 1.85. The number of furan rings is 1. The summed E-state index contributed by atoms with van der Waals surface area (Å²) in [4.78, 5) is 32.9. The van der Waals surface area contributed by atoms with Crippen molar-refractivity contribution < 1.29 is 18.7 Å². The number of carbonyl (C=O) groups is 2. The first kappa shape index (κ1) is 21.4. The molecule has 0 radical (unpaired) electrons. The van der Waals surface area contributed by atoms with Crippen LogP contribution in [0.3, 0.4) is 0 Å². The maximum absolute atomic E-state index is 11.9. The van der Waals surface area contributed by atoms with Gasteiger partial charge in [0.15, 0.2) is 5.96 Å². The van der Waals surface area contributed by atoms with Gasteiger partial charge in [-0.25, -0.2) is 9.78 Å². The van der Waals surface area contributed by atoms with E-state index in [1.807, 2.05) is 6.92 Å². The molecule has 0 saturated heterocycles. The Kier molecular flexibility index (Phi) is 8.00. The minimum atomic E-state index is -0.369. The first-order valence-corrected chi connectivity index (χ1v) is 9.67. The lowest BCUT2D eigenvalue weighted by Crippen LogP contribution is -2.43. The highest BCUT2D eigenvalue weighted by Crippen LogP contribution is 2.24. The molecule has 2 heterocycles. The van der Waals surface area contributed by atoms with Crippen LogP contribution in [0.15, 0.2) is 27.8 Å². The summed E-state index contributed by atoms with van der Waals surface area (Å²) in [6.07, 6.45) is 1.56. The highest BCUT2D eigenvalue weighted by atomic mass is 32.1. The van der Waals surface area contributed by atoms with Gasteiger partial charge in [0.1, 0.15) is 15.6 Å². The van der Waals surface area contributed by atoms with E-state index in [-0.39, 0.29) is 24.5 Å². The number of aryl methyl sites for hydroxylation is 1. The molecule has 1 amide bonds. The molecule has 3 N–H and O–H groups in total. The molecule has 28 heavy (non-hydrogen) atoms. The molecule has 1 unspecified atom stereocenters. The third kappa shape index (κ3) is 6.08. The van der Waals surface area contributed by atoms with Crippen molar-refractivity contribution in [2.75, 3.05) is 20.2 Å². The molecular weight excluding hydrogens is 382 g/mol. The standard InChI is InChI=1S/C18H25N5O4S/c1-5-26-17(25)15-11(2)22-16(28-15)12(3)23-18(19-4)21-10-14(24)20-9-13-7-6-8-27-13/h6-8,12H,5,9-10H2,1-4H3,(H,20,24)(H2,19,21,23). The summed E-state index contributed by atoms with van der Waals surface area (Å²) in [5.41, 5.74) is 0.632. The van der Waals surface area contributed by atoms with Crippen LogP contribution in [-0.4, -0.2) is 43.0 Å². The van der Waals surface area contributed by atoms with E-state index in [4.69, 9.17) is 9.15 Å². The van der Waals surface area contributed by atoms with Gasteiger partial charge in [0.05, 0.1) is 37.7 Å². The number of guanidine groups is 1. The first-order valence-electron chi connectivity index (χ1n) is 8.85. The van der Waals surface area contributed by atoms with Crippen LogP contribution in [0.4, 0.5) is 0 Å². The van der Waals surface area contributed by atoms with Crippen molar-refractivity contribution in [3.05, 3.63) is 39.7 Å². The lowest BCUT2D eigenvalue weighted by Gasteiger charge is -2.16. The zero-order chi connectivity index (χ0) is 20.5. The van der Waals surface area contributed by atoms with E-state index in [1.54, 1.807) is 39.3 Å². The van der Waals surface area contributed by atoms with Crippen LogP contribution in [0.2, 0.25) is 0 Å². The van der Waals surface area contributed by atoms with Crippen molar-refractivity contribution in [1.82, 2.24) is 20.9 Å². The van der Waals surface area contributed by atoms with Gasteiger partial charge in [-0.2, -0.15) is 0 Å². The molecular formula is C18H25N5O4S. The second kappa shape index (κ2) is 10.5. The molecule has 1 atom stereocenters. The van der Waals surface area contributed by atoms with Gasteiger partial charge < -0.3 is 25.1 Å². The Morgan fingerprint density at radius 2 is 2.18 bits per heavy atom. The van der Waals surface area contributed by atoms with E-state index < -0.39 is 0 Å². The van der Waals surface area contributed by atoms with Crippen LogP contribution in [0.1, 0.15) is 46.0 Å². The molecule has 0 aliphatic carbocycles. The molecule has 0 saturated carbocycles. The molecule has 2 rings (SSSR count). The normalized spacial score (nSPS) is 12.4. The van der Waals surface area contributed by atoms with Gasteiger partial charge in [0, 0.05) is 7.05 Å². The van der Waals surface area contributed by atoms with Gasteiger partial charge in [0.25, 0.3) is 0 Å². The largest absolute Gasteiger partial charge is 0.467 e. The van der Waals surface area contributed by atoms with Crippen molar-refractivity contribution in [3.8, 4) is 0 Å². The van der Waals surface area contributed by atoms with Crippen LogP contribution in [0.5, 0.6) is 0 Å². The van der Waals surface area contributed by atoms with Crippen molar-refractivity contribution in [3.63, 3.8) is 0 Å². The molecule has 152 valence electrons. The fourth-order valence-electron chi connectivity index (χ4n) is 2.28. The third-order valence-corrected chi connectivity index (χ3v) is 5.00. The summed E-state index contributed by atoms with van der Waals surface area (Å²) in [6.45, 7) is 6.13. The number of rotatable bonds is 8. The summed E-state index contributed by atoms with van der Waals surface area (Å²) < 4.78 is 10.2. The fraction of sp³-hybridized carbons (Fsp3) is 0.444. The predicted octanol–water partition coefficient (Wildman–Crippen LogP) is 1.76. The van der Waals surface area contributed by atoms with E-state index in [0.29, 0.717) is 35.4 Å². The van der Waals surface area contributed by atoms with Crippen LogP contribution < -0.4 is 16.0 Å². The summed E-state index contributed by atoms with van der Waals surface area (Å²) in [7, 11) is 1.61. The van der Waals surface area contributed by atoms with Gasteiger partial charge >= 0.3 is 5.97 Å². The summed E-state index contributed by atoms with van der Waals surface area (Å²) >= 11 is 1.28. The molecule has 0 spiro atoms. The van der Waals surface area contributed by atoms with Crippen LogP contribution >= 0.6 is 11.3 Å². The number of aromatic nitrogens is 1. The van der Waals surface area contributed by atoms with Crippen LogP contribution in [-0.2, 0) is 16.1 Å². The van der Waals surface area contributed by atoms with Gasteiger partial charge in [-0.3, -0.25) is 9.79 Å². The number of esters is 1. The van der Waals surface area contributed by atoms with Crippen molar-refractivity contribution >= 4 is 29.2 Å². The summed E-state index contributed by atoms with van der Waals surface area (Å²) in [5.74, 6) is 0.570. The van der Waals surface area contributed by atoms with E-state index in [0.717, 1.165) is 5.01 Å². The topological polar surface area (TPSA) is 118 Å². The molecule has 0 bridgehead atoms. The molecule has 0 fully saturated rings. The van der Waals surface area contributed by atoms with E-state index in [2.05, 4.69) is 25.9 Å². The number of aliphatic imine (C=N–C) groups is 1. The minimum Gasteiger partial charge on any atom is -0.467 e. The van der Waals surface area contributed by atoms with E-state index in [9.17, 15) is 9.59 Å². The molecule has 0 aromatic carbocycles. The molecule has 2 aromatic heterocycles. The number of hydrogen-bond donors (Lipinski definition) is 3. The second-order valence-electron chi connectivity index (χ2n) is 5.83. The highest BCUT2D eigenvalue weighted by Gasteiger charge is 2.20. The van der Waals surface area contributed by atoms with E-state index in [1.165, 1.54) is 11.3 Å². The maximum atomic E-state index is 11.9. The number of carbonyl (C=O) groups excluding carboxylic acids is 2. The second-order valence-corrected chi connectivity index (χ2v) is 6.87. The summed E-state index contributed by atoms with van der Waals surface area (Å²) in [6, 6.07) is 3.35. The lowest BCUT2D eigenvalue weighted by atomic mass is 10.3. The zero-order valence-electron chi connectivity index (χ0n) is 16.4. The van der Waals surface area contributed by atoms with Gasteiger partial charge in [-0.05, 0) is 32.9 Å². The lowest BCUT2D eigenvalue weighted by molar-refractivity contribution is -0.120. The fourth-order valence-corrected chi connectivity index (χ4v) is 3.24. The number of ether oxygens (including phenoxy) is 1. The van der Waals surface area contributed by atoms with Crippen LogP contribution in [0.25, 0.3) is 0 Å². The minimum absolute atomic E-state index is 0.0536. The number of thiazole rings is 1. The first-order chi connectivity index (χ1) is 13.4. The number of nitrogens with zero attached hydrogens (tertiary/aromatic N) is 2. The van der Waals surface area contributed by atoms with E-state index >= 15 is 0 Å². The van der Waals surface area contributed by atoms with Gasteiger partial charge in [-0.1, -0.05) is 0 Å². The van der Waals surface area contributed by atoms with Crippen molar-refractivity contribution in [2.24, 2.45) is 4.99 Å². The molecule has 0 aliphatic rings. The van der Waals surface area contributed by atoms with Crippen molar-refractivity contribution in [2.45, 2.75) is 33.4 Å². The Hall–Kier alpha value is -2.88. The molecule has 9 nitrogen and oxygen atoms in total. The van der Waals surface area contributed by atoms with Crippen LogP contribution in [0, 0.1) is 6.92 Å². The average molecular weight is 407 g/mol. The Labute approximate surface area is 167 Å². The average Bonchev–Trinajstić information content (AvgIpc) is 3.33. The number of nitrogens with one attached hydrogen (secondary N) is 3. The monoisotopic (exact) mass is 407 g/mol. The van der Waals surface area contributed by atoms with Gasteiger partial charge in [-0.15, -0.1) is 11.3 Å². The predicted molar refractivity (Wildman–Crippen MR) is 106 cm³/mol. The Morgan fingerprint density at radius 1 is 1.39 bits per heavy atom. The Bertz CT molecular complexity index is 816. The van der Waals surface area contributed by atoms with Gasteiger partial charge in [0.2, 0.25) is 5.91 Å². The third-order valence-electron chi connectivity index (χ3n) is 3.68. The number of amides is 1. The Morgan fingerprint density at radius 3 is 2.82 bits per heavy atom. The molecule has 10 heteroatoms. The highest BCUT2D eigenvalue weighted by molar-refractivity contribution is 7.13. The quantitative estimate of drug-likeness (QED) is 0.347. The van der Waals surface area contributed by atoms with Crippen molar-refractivity contribution in [1.29, 1.82) is 0 Å². The smallest absolute Gasteiger partial charge is 0.350 e. The SMILES string of the molecule is CCOC(=O)c1sc(C(C)NC(=NC)NCC(=O)NCc2ccco2)nc1C. The molecule has 2 aromatic rings. The zero-order valence-corrected chi connectivity index (χ0v) is 17.2. The summed E-state index contributed by atoms with van der Waals surface area (Å²) in [5, 5.41) is 9.57. The molecule has 0 aliphatic heterocycles. The maximum Gasteiger partial charge on any atom is 0.350 e. The number of hydrogen-bond acceptors (Lipinski definition) is 7.